The lowest BCUT2D eigenvalue weighted by molar-refractivity contribution is 0.0693. The molecule has 5 nitrogen and oxygen atoms in total. The van der Waals surface area contributed by atoms with Crippen molar-refractivity contribution in [2.24, 2.45) is 0 Å². The van der Waals surface area contributed by atoms with Crippen molar-refractivity contribution >= 4 is 11.7 Å². The van der Waals surface area contributed by atoms with Crippen LogP contribution in [0, 0.1) is 0 Å². The third-order valence-electron chi connectivity index (χ3n) is 4.29. The number of benzene rings is 1. The summed E-state index contributed by atoms with van der Waals surface area (Å²) in [5.74, 6) is -0.913. The normalized spacial score (nSPS) is 18.8. The topological polar surface area (TPSA) is 56.7 Å². The number of carboxylic acid groups (broad SMARTS) is 1. The molecule has 2 heterocycles. The Bertz CT molecular complexity index is 675. The molecule has 1 aliphatic rings. The minimum absolute atomic E-state index is 0.297. The fraction of sp³-hybridized carbons (Fsp3) is 0.333. The van der Waals surface area contributed by atoms with Crippen LogP contribution < -0.4 is 4.90 Å². The Hall–Kier alpha value is -2.40. The summed E-state index contributed by atoms with van der Waals surface area (Å²) >= 11 is 0. The highest BCUT2D eigenvalue weighted by molar-refractivity contribution is 5.88. The minimum Gasteiger partial charge on any atom is -0.478 e. The van der Waals surface area contributed by atoms with E-state index in [1.54, 1.807) is 18.3 Å². The summed E-state index contributed by atoms with van der Waals surface area (Å²) in [6.45, 7) is 5.50. The van der Waals surface area contributed by atoms with Crippen LogP contribution in [0.15, 0.2) is 48.7 Å². The van der Waals surface area contributed by atoms with E-state index in [9.17, 15) is 9.90 Å². The van der Waals surface area contributed by atoms with Crippen molar-refractivity contribution in [2.45, 2.75) is 19.5 Å². The first kappa shape index (κ1) is 15.5. The number of carboxylic acids is 1. The lowest BCUT2D eigenvalue weighted by Crippen LogP contribution is -2.51. The lowest BCUT2D eigenvalue weighted by Gasteiger charge is -2.41. The van der Waals surface area contributed by atoms with Gasteiger partial charge >= 0.3 is 5.97 Å². The number of para-hydroxylation sites is 1. The van der Waals surface area contributed by atoms with E-state index in [1.165, 1.54) is 5.69 Å². The molecule has 0 amide bonds. The summed E-state index contributed by atoms with van der Waals surface area (Å²) in [7, 11) is 0. The van der Waals surface area contributed by atoms with Crippen molar-refractivity contribution in [1.82, 2.24) is 9.88 Å². The van der Waals surface area contributed by atoms with Gasteiger partial charge < -0.3 is 10.0 Å². The fourth-order valence-corrected chi connectivity index (χ4v) is 3.15. The zero-order valence-corrected chi connectivity index (χ0v) is 13.2. The van der Waals surface area contributed by atoms with Crippen molar-refractivity contribution in [1.29, 1.82) is 0 Å². The van der Waals surface area contributed by atoms with E-state index >= 15 is 0 Å². The Morgan fingerprint density at radius 1 is 1.22 bits per heavy atom. The second-order valence-corrected chi connectivity index (χ2v) is 5.92. The number of piperazine rings is 1. The monoisotopic (exact) mass is 311 g/mol. The molecule has 2 aromatic rings. The second kappa shape index (κ2) is 6.79. The van der Waals surface area contributed by atoms with Gasteiger partial charge in [0.25, 0.3) is 0 Å². The fourth-order valence-electron chi connectivity index (χ4n) is 3.15. The molecule has 1 atom stereocenters. The average molecular weight is 311 g/mol. The van der Waals surface area contributed by atoms with Crippen molar-refractivity contribution in [2.75, 3.05) is 24.5 Å². The summed E-state index contributed by atoms with van der Waals surface area (Å²) in [6.07, 6.45) is 1.66. The van der Waals surface area contributed by atoms with Crippen LogP contribution in [0.2, 0.25) is 0 Å². The van der Waals surface area contributed by atoms with Gasteiger partial charge in [0.05, 0.1) is 11.3 Å². The predicted molar refractivity (Wildman–Crippen MR) is 89.7 cm³/mol. The van der Waals surface area contributed by atoms with E-state index in [2.05, 4.69) is 46.0 Å². The summed E-state index contributed by atoms with van der Waals surface area (Å²) in [5.41, 5.74) is 2.18. The Morgan fingerprint density at radius 3 is 2.70 bits per heavy atom. The molecule has 0 unspecified atom stereocenters. The van der Waals surface area contributed by atoms with E-state index in [0.29, 0.717) is 23.8 Å². The Labute approximate surface area is 136 Å². The van der Waals surface area contributed by atoms with Crippen LogP contribution in [0.25, 0.3) is 0 Å². The third kappa shape index (κ3) is 3.51. The van der Waals surface area contributed by atoms with Crippen molar-refractivity contribution in [3.8, 4) is 0 Å². The minimum atomic E-state index is -0.913. The molecule has 1 fully saturated rings. The van der Waals surface area contributed by atoms with Gasteiger partial charge in [-0.3, -0.25) is 9.88 Å². The molecule has 0 aliphatic carbocycles. The van der Waals surface area contributed by atoms with Gasteiger partial charge in [0.2, 0.25) is 0 Å². The van der Waals surface area contributed by atoms with Gasteiger partial charge in [0.15, 0.2) is 0 Å². The van der Waals surface area contributed by atoms with E-state index in [0.717, 1.165) is 19.6 Å². The Morgan fingerprint density at radius 2 is 2.00 bits per heavy atom. The molecule has 1 saturated heterocycles. The number of aromatic nitrogens is 1. The maximum atomic E-state index is 11.3. The number of hydrogen-bond donors (Lipinski definition) is 1. The zero-order valence-electron chi connectivity index (χ0n) is 13.2. The lowest BCUT2D eigenvalue weighted by atomic mass is 10.1. The summed E-state index contributed by atoms with van der Waals surface area (Å²) in [4.78, 5) is 20.2. The maximum absolute atomic E-state index is 11.3. The summed E-state index contributed by atoms with van der Waals surface area (Å²) in [6, 6.07) is 14.1. The first-order valence-corrected chi connectivity index (χ1v) is 7.86. The van der Waals surface area contributed by atoms with E-state index in [-0.39, 0.29) is 0 Å². The van der Waals surface area contributed by atoms with Crippen LogP contribution in [0.4, 0.5) is 5.69 Å². The molecular formula is C18H21N3O2. The molecule has 1 aliphatic heterocycles. The van der Waals surface area contributed by atoms with Crippen LogP contribution in [0.3, 0.4) is 0 Å². The SMILES string of the molecule is C[C@H]1CN(Cc2ncccc2C(=O)O)CCN1c1ccccc1. The first-order valence-electron chi connectivity index (χ1n) is 7.86. The quantitative estimate of drug-likeness (QED) is 0.940. The first-order chi connectivity index (χ1) is 11.1. The number of pyridine rings is 1. The van der Waals surface area contributed by atoms with Gasteiger partial charge in [-0.25, -0.2) is 4.79 Å². The molecule has 0 radical (unpaired) electrons. The van der Waals surface area contributed by atoms with Gasteiger partial charge in [-0.2, -0.15) is 0 Å². The van der Waals surface area contributed by atoms with E-state index in [4.69, 9.17) is 0 Å². The molecule has 23 heavy (non-hydrogen) atoms. The Balaban J connectivity index is 1.68. The number of anilines is 1. The van der Waals surface area contributed by atoms with Crippen LogP contribution in [-0.4, -0.2) is 46.6 Å². The third-order valence-corrected chi connectivity index (χ3v) is 4.29. The van der Waals surface area contributed by atoms with Gasteiger partial charge in [0, 0.05) is 44.1 Å². The number of rotatable bonds is 4. The largest absolute Gasteiger partial charge is 0.478 e. The summed E-state index contributed by atoms with van der Waals surface area (Å²) in [5, 5.41) is 9.27. The molecule has 0 bridgehead atoms. The van der Waals surface area contributed by atoms with Crippen LogP contribution in [0.5, 0.6) is 0 Å². The molecule has 0 spiro atoms. The average Bonchev–Trinajstić information content (AvgIpc) is 2.56. The van der Waals surface area contributed by atoms with Crippen LogP contribution in [-0.2, 0) is 6.54 Å². The van der Waals surface area contributed by atoms with Gasteiger partial charge in [-0.05, 0) is 31.2 Å². The van der Waals surface area contributed by atoms with Gasteiger partial charge in [0.1, 0.15) is 0 Å². The molecule has 3 rings (SSSR count). The molecule has 1 N–H and O–H groups in total. The molecule has 120 valence electrons. The highest BCUT2D eigenvalue weighted by Crippen LogP contribution is 2.21. The standard InChI is InChI=1S/C18H21N3O2/c1-14-12-20(10-11-21(14)15-6-3-2-4-7-15)13-17-16(18(22)23)8-5-9-19-17/h2-9,14H,10-13H2,1H3,(H,22,23)/t14-/m0/s1. The number of carbonyl (C=O) groups is 1. The predicted octanol–water partition coefficient (Wildman–Crippen LogP) is 2.49. The number of nitrogens with zero attached hydrogens (tertiary/aromatic N) is 3. The molecule has 1 aromatic carbocycles. The van der Waals surface area contributed by atoms with Crippen molar-refractivity contribution < 1.29 is 9.90 Å². The second-order valence-electron chi connectivity index (χ2n) is 5.92. The maximum Gasteiger partial charge on any atom is 0.337 e. The van der Waals surface area contributed by atoms with Crippen LogP contribution >= 0.6 is 0 Å². The Kier molecular flexibility index (Phi) is 4.57. The van der Waals surface area contributed by atoms with E-state index in [1.807, 2.05) is 6.07 Å². The molecule has 5 heteroatoms. The summed E-state index contributed by atoms with van der Waals surface area (Å²) < 4.78 is 0. The van der Waals surface area contributed by atoms with Gasteiger partial charge in [-0.1, -0.05) is 18.2 Å². The molecule has 0 saturated carbocycles. The van der Waals surface area contributed by atoms with Crippen molar-refractivity contribution in [3.05, 3.63) is 59.9 Å². The van der Waals surface area contributed by atoms with Crippen molar-refractivity contribution in [3.63, 3.8) is 0 Å². The van der Waals surface area contributed by atoms with Gasteiger partial charge in [-0.15, -0.1) is 0 Å². The van der Waals surface area contributed by atoms with E-state index < -0.39 is 5.97 Å². The number of aromatic carboxylic acids is 1. The number of hydrogen-bond acceptors (Lipinski definition) is 4. The smallest absolute Gasteiger partial charge is 0.337 e. The highest BCUT2D eigenvalue weighted by Gasteiger charge is 2.25. The zero-order chi connectivity index (χ0) is 16.2. The highest BCUT2D eigenvalue weighted by atomic mass is 16.4. The molecular weight excluding hydrogens is 290 g/mol. The van der Waals surface area contributed by atoms with Crippen LogP contribution in [0.1, 0.15) is 23.0 Å². The molecule has 1 aromatic heterocycles.